The van der Waals surface area contributed by atoms with Crippen molar-refractivity contribution in [1.82, 2.24) is 19.7 Å². The van der Waals surface area contributed by atoms with E-state index < -0.39 is 5.25 Å². The van der Waals surface area contributed by atoms with Gasteiger partial charge in [0, 0.05) is 19.1 Å². The zero-order valence-corrected chi connectivity index (χ0v) is 19.7. The number of morpholine rings is 1. The van der Waals surface area contributed by atoms with Gasteiger partial charge >= 0.3 is 0 Å². The third-order valence-corrected chi connectivity index (χ3v) is 7.22. The van der Waals surface area contributed by atoms with Crippen molar-refractivity contribution >= 4 is 29.3 Å². The maximum atomic E-state index is 13.5. The number of thioether (sulfide) groups is 1. The molecule has 172 valence electrons. The Morgan fingerprint density at radius 1 is 1.09 bits per heavy atom. The van der Waals surface area contributed by atoms with Crippen molar-refractivity contribution in [2.75, 3.05) is 26.3 Å². The second-order valence-electron chi connectivity index (χ2n) is 8.07. The van der Waals surface area contributed by atoms with Crippen LogP contribution in [0.25, 0.3) is 0 Å². The molecule has 2 aromatic carbocycles. The van der Waals surface area contributed by atoms with Gasteiger partial charge in [-0.3, -0.25) is 9.36 Å². The average Bonchev–Trinajstić information content (AvgIpc) is 3.62. The first kappa shape index (κ1) is 22.3. The molecule has 1 amide bonds. The van der Waals surface area contributed by atoms with E-state index in [9.17, 15) is 4.79 Å². The van der Waals surface area contributed by atoms with Crippen LogP contribution in [-0.2, 0) is 16.1 Å². The van der Waals surface area contributed by atoms with Crippen LogP contribution in [0, 0.1) is 0 Å². The van der Waals surface area contributed by atoms with Gasteiger partial charge in [0.25, 0.3) is 0 Å². The van der Waals surface area contributed by atoms with Crippen LogP contribution in [0.2, 0.25) is 5.02 Å². The van der Waals surface area contributed by atoms with Gasteiger partial charge in [0.1, 0.15) is 17.6 Å². The van der Waals surface area contributed by atoms with Crippen molar-refractivity contribution in [2.24, 2.45) is 0 Å². The number of carbonyl (C=O) groups excluding carboxylic acids is 1. The third kappa shape index (κ3) is 5.18. The Bertz CT molecular complexity index is 1100. The second-order valence-corrected chi connectivity index (χ2v) is 9.54. The molecular formula is C24H25ClN4O3S. The molecule has 0 bridgehead atoms. The molecule has 0 N–H and O–H groups in total. The molecule has 1 aliphatic heterocycles. The summed E-state index contributed by atoms with van der Waals surface area (Å²) in [7, 11) is 0. The van der Waals surface area contributed by atoms with Gasteiger partial charge in [-0.15, -0.1) is 10.2 Å². The molecule has 2 heterocycles. The van der Waals surface area contributed by atoms with E-state index >= 15 is 0 Å². The number of aromatic nitrogens is 3. The molecular weight excluding hydrogens is 460 g/mol. The topological polar surface area (TPSA) is 69.5 Å². The lowest BCUT2D eigenvalue weighted by Crippen LogP contribution is -2.42. The van der Waals surface area contributed by atoms with Gasteiger partial charge < -0.3 is 14.4 Å². The molecule has 5 rings (SSSR count). The van der Waals surface area contributed by atoms with Gasteiger partial charge in [-0.2, -0.15) is 0 Å². The summed E-state index contributed by atoms with van der Waals surface area (Å²) in [5, 5.41) is 9.79. The molecule has 1 aromatic heterocycles. The lowest BCUT2D eigenvalue weighted by atomic mass is 10.1. The van der Waals surface area contributed by atoms with Crippen molar-refractivity contribution in [1.29, 1.82) is 0 Å². The molecule has 1 saturated carbocycles. The molecule has 1 saturated heterocycles. The smallest absolute Gasteiger partial charge is 0.240 e. The minimum absolute atomic E-state index is 0.0775. The quantitative estimate of drug-likeness (QED) is 0.437. The lowest BCUT2D eigenvalue weighted by Gasteiger charge is -2.30. The molecule has 2 fully saturated rings. The van der Waals surface area contributed by atoms with Crippen molar-refractivity contribution in [2.45, 2.75) is 35.9 Å². The Morgan fingerprint density at radius 2 is 1.82 bits per heavy atom. The highest BCUT2D eigenvalue weighted by atomic mass is 35.5. The van der Waals surface area contributed by atoms with E-state index in [1.807, 2.05) is 53.4 Å². The van der Waals surface area contributed by atoms with E-state index in [0.717, 1.165) is 29.4 Å². The number of hydrogen-bond acceptors (Lipinski definition) is 6. The zero-order valence-electron chi connectivity index (χ0n) is 18.1. The first-order chi connectivity index (χ1) is 16.2. The fourth-order valence-corrected chi connectivity index (χ4v) is 5.23. The first-order valence-electron chi connectivity index (χ1n) is 11.1. The van der Waals surface area contributed by atoms with Crippen molar-refractivity contribution in [3.63, 3.8) is 0 Å². The predicted octanol–water partition coefficient (Wildman–Crippen LogP) is 4.54. The largest absolute Gasteiger partial charge is 0.484 e. The molecule has 7 nitrogen and oxygen atoms in total. The number of halogens is 1. The number of benzene rings is 2. The summed E-state index contributed by atoms with van der Waals surface area (Å²) in [5.74, 6) is 1.43. The van der Waals surface area contributed by atoms with Crippen LogP contribution in [0.1, 0.15) is 35.5 Å². The summed E-state index contributed by atoms with van der Waals surface area (Å²) in [6.45, 7) is 2.62. The molecule has 2 aliphatic rings. The van der Waals surface area contributed by atoms with E-state index in [0.29, 0.717) is 43.1 Å². The van der Waals surface area contributed by atoms with E-state index in [-0.39, 0.29) is 12.5 Å². The normalized spacial score (nSPS) is 17.1. The van der Waals surface area contributed by atoms with Crippen LogP contribution >= 0.6 is 23.4 Å². The Labute approximate surface area is 202 Å². The summed E-state index contributed by atoms with van der Waals surface area (Å²) in [6, 6.07) is 17.6. The summed E-state index contributed by atoms with van der Waals surface area (Å²) in [4.78, 5) is 15.4. The number of amides is 1. The number of nitrogens with zero attached hydrogens (tertiary/aromatic N) is 4. The fourth-order valence-electron chi connectivity index (χ4n) is 3.83. The Kier molecular flexibility index (Phi) is 6.85. The maximum Gasteiger partial charge on any atom is 0.240 e. The minimum Gasteiger partial charge on any atom is -0.484 e. The molecule has 3 aromatic rings. The summed E-state index contributed by atoms with van der Waals surface area (Å²) >= 11 is 7.69. The van der Waals surface area contributed by atoms with Crippen LogP contribution in [0.4, 0.5) is 0 Å². The van der Waals surface area contributed by atoms with Gasteiger partial charge in [0.05, 0.1) is 18.2 Å². The average molecular weight is 485 g/mol. The van der Waals surface area contributed by atoms with Gasteiger partial charge in [0.15, 0.2) is 11.0 Å². The standard InChI is InChI=1S/C24H25ClN4O3S/c25-19-8-4-5-9-20(19)32-16-21-26-27-24(29(21)18-10-11-18)33-22(17-6-2-1-3-7-17)23(30)28-12-14-31-15-13-28/h1-9,18,22H,10-16H2/t22-/m1/s1. The van der Waals surface area contributed by atoms with E-state index in [1.54, 1.807) is 6.07 Å². The molecule has 33 heavy (non-hydrogen) atoms. The van der Waals surface area contributed by atoms with E-state index in [1.165, 1.54) is 11.8 Å². The highest BCUT2D eigenvalue weighted by Gasteiger charge is 2.34. The van der Waals surface area contributed by atoms with E-state index in [4.69, 9.17) is 21.1 Å². The summed E-state index contributed by atoms with van der Waals surface area (Å²) < 4.78 is 13.5. The monoisotopic (exact) mass is 484 g/mol. The van der Waals surface area contributed by atoms with Gasteiger partial charge in [0.2, 0.25) is 5.91 Å². The lowest BCUT2D eigenvalue weighted by molar-refractivity contribution is -0.134. The van der Waals surface area contributed by atoms with Crippen LogP contribution < -0.4 is 4.74 Å². The molecule has 0 spiro atoms. The van der Waals surface area contributed by atoms with Crippen LogP contribution in [0.15, 0.2) is 59.8 Å². The molecule has 1 aliphatic carbocycles. The number of rotatable bonds is 8. The molecule has 0 radical (unpaired) electrons. The maximum absolute atomic E-state index is 13.5. The highest BCUT2D eigenvalue weighted by molar-refractivity contribution is 8.00. The van der Waals surface area contributed by atoms with E-state index in [2.05, 4.69) is 14.8 Å². The highest BCUT2D eigenvalue weighted by Crippen LogP contribution is 2.43. The molecule has 9 heteroatoms. The summed E-state index contributed by atoms with van der Waals surface area (Å²) in [6.07, 6.45) is 2.14. The fraction of sp³-hybridized carbons (Fsp3) is 0.375. The molecule has 1 atom stereocenters. The van der Waals surface area contributed by atoms with Gasteiger partial charge in [-0.1, -0.05) is 65.8 Å². The minimum atomic E-state index is -0.400. The summed E-state index contributed by atoms with van der Waals surface area (Å²) in [5.41, 5.74) is 0.957. The van der Waals surface area contributed by atoms with Gasteiger partial charge in [-0.25, -0.2) is 0 Å². The second kappa shape index (κ2) is 10.2. The first-order valence-corrected chi connectivity index (χ1v) is 12.4. The molecule has 0 unspecified atom stereocenters. The third-order valence-electron chi connectivity index (χ3n) is 5.71. The zero-order chi connectivity index (χ0) is 22.6. The number of para-hydroxylation sites is 1. The number of carbonyl (C=O) groups is 1. The van der Waals surface area contributed by atoms with Crippen molar-refractivity contribution < 1.29 is 14.3 Å². The Morgan fingerprint density at radius 3 is 2.55 bits per heavy atom. The Balaban J connectivity index is 1.39. The number of hydrogen-bond donors (Lipinski definition) is 0. The van der Waals surface area contributed by atoms with Crippen molar-refractivity contribution in [3.8, 4) is 5.75 Å². The van der Waals surface area contributed by atoms with Crippen molar-refractivity contribution in [3.05, 3.63) is 71.0 Å². The van der Waals surface area contributed by atoms with Crippen LogP contribution in [0.5, 0.6) is 5.75 Å². The number of ether oxygens (including phenoxy) is 2. The SMILES string of the molecule is O=C([C@H](Sc1nnc(COc2ccccc2Cl)n1C1CC1)c1ccccc1)N1CCOCC1. The predicted molar refractivity (Wildman–Crippen MR) is 127 cm³/mol. The van der Waals surface area contributed by atoms with Crippen LogP contribution in [0.3, 0.4) is 0 Å². The van der Waals surface area contributed by atoms with Crippen LogP contribution in [-0.4, -0.2) is 51.9 Å². The Hall–Kier alpha value is -2.55. The van der Waals surface area contributed by atoms with Gasteiger partial charge in [-0.05, 0) is 30.5 Å².